The van der Waals surface area contributed by atoms with Crippen LogP contribution in [0.25, 0.3) is 0 Å². The molecule has 1 heterocycles. The fourth-order valence-electron chi connectivity index (χ4n) is 4.72. The predicted molar refractivity (Wildman–Crippen MR) is 113 cm³/mol. The Morgan fingerprint density at radius 2 is 1.71 bits per heavy atom. The SMILES string of the molecule is O=C(NCc1ccc(F)cc1)c1cc(CN(C(=O)C2CCCCC2)C2CCCC2)on1. The summed E-state index contributed by atoms with van der Waals surface area (Å²) in [5.41, 5.74) is 0.984. The minimum atomic E-state index is -0.356. The highest BCUT2D eigenvalue weighted by molar-refractivity contribution is 5.92. The third-order valence-corrected chi connectivity index (χ3v) is 6.49. The van der Waals surface area contributed by atoms with Gasteiger partial charge in [-0.15, -0.1) is 0 Å². The third-order valence-electron chi connectivity index (χ3n) is 6.49. The molecule has 2 amide bonds. The highest BCUT2D eigenvalue weighted by Gasteiger charge is 2.33. The van der Waals surface area contributed by atoms with Crippen molar-refractivity contribution in [2.24, 2.45) is 5.92 Å². The van der Waals surface area contributed by atoms with Gasteiger partial charge in [0.15, 0.2) is 11.5 Å². The fourth-order valence-corrected chi connectivity index (χ4v) is 4.72. The van der Waals surface area contributed by atoms with Crippen molar-refractivity contribution in [3.8, 4) is 0 Å². The van der Waals surface area contributed by atoms with E-state index >= 15 is 0 Å². The van der Waals surface area contributed by atoms with Gasteiger partial charge < -0.3 is 14.7 Å². The van der Waals surface area contributed by atoms with Gasteiger partial charge in [0.2, 0.25) is 5.91 Å². The van der Waals surface area contributed by atoms with E-state index in [-0.39, 0.29) is 41.8 Å². The van der Waals surface area contributed by atoms with E-state index in [1.165, 1.54) is 18.6 Å². The molecule has 2 fully saturated rings. The first-order valence-corrected chi connectivity index (χ1v) is 11.4. The lowest BCUT2D eigenvalue weighted by Crippen LogP contribution is -2.42. The topological polar surface area (TPSA) is 75.4 Å². The van der Waals surface area contributed by atoms with Crippen LogP contribution in [0.2, 0.25) is 0 Å². The van der Waals surface area contributed by atoms with Gasteiger partial charge in [-0.1, -0.05) is 49.4 Å². The van der Waals surface area contributed by atoms with Gasteiger partial charge in [0.05, 0.1) is 6.54 Å². The molecule has 166 valence electrons. The number of rotatable bonds is 7. The van der Waals surface area contributed by atoms with Crippen molar-refractivity contribution >= 4 is 11.8 Å². The normalized spacial score (nSPS) is 17.6. The van der Waals surface area contributed by atoms with E-state index in [0.717, 1.165) is 56.9 Å². The Balaban J connectivity index is 1.39. The van der Waals surface area contributed by atoms with Crippen LogP contribution in [0, 0.1) is 11.7 Å². The summed E-state index contributed by atoms with van der Waals surface area (Å²) in [6, 6.07) is 7.83. The van der Waals surface area contributed by atoms with Crippen LogP contribution in [0.1, 0.15) is 79.6 Å². The number of nitrogens with one attached hydrogen (secondary N) is 1. The molecule has 0 spiro atoms. The maximum absolute atomic E-state index is 13.3. The lowest BCUT2D eigenvalue weighted by Gasteiger charge is -2.33. The summed E-state index contributed by atoms with van der Waals surface area (Å²) in [4.78, 5) is 27.7. The van der Waals surface area contributed by atoms with Crippen molar-refractivity contribution in [3.05, 3.63) is 53.2 Å². The molecule has 0 bridgehead atoms. The standard InChI is InChI=1S/C24H30FN3O3/c25-19-12-10-17(11-13-19)15-26-23(29)22-14-21(31-27-22)16-28(20-8-4-5-9-20)24(30)18-6-2-1-3-7-18/h10-14,18,20H,1-9,15-16H2,(H,26,29). The molecule has 0 radical (unpaired) electrons. The molecule has 0 atom stereocenters. The van der Waals surface area contributed by atoms with E-state index in [1.54, 1.807) is 18.2 Å². The molecule has 1 aromatic carbocycles. The number of hydrogen-bond donors (Lipinski definition) is 1. The van der Waals surface area contributed by atoms with Crippen molar-refractivity contribution in [1.82, 2.24) is 15.4 Å². The van der Waals surface area contributed by atoms with Gasteiger partial charge in [-0.2, -0.15) is 0 Å². The van der Waals surface area contributed by atoms with Crippen molar-refractivity contribution in [2.45, 2.75) is 76.9 Å². The van der Waals surface area contributed by atoms with Crippen LogP contribution < -0.4 is 5.32 Å². The maximum Gasteiger partial charge on any atom is 0.273 e. The summed E-state index contributed by atoms with van der Waals surface area (Å²) in [5.74, 6) is 0.195. The number of hydrogen-bond acceptors (Lipinski definition) is 4. The largest absolute Gasteiger partial charge is 0.359 e. The van der Waals surface area contributed by atoms with Crippen LogP contribution in [-0.4, -0.2) is 27.9 Å². The minimum absolute atomic E-state index is 0.107. The highest BCUT2D eigenvalue weighted by atomic mass is 19.1. The molecule has 7 heteroatoms. The van der Waals surface area contributed by atoms with Crippen LogP contribution >= 0.6 is 0 Å². The first-order chi connectivity index (χ1) is 15.1. The molecular weight excluding hydrogens is 397 g/mol. The predicted octanol–water partition coefficient (Wildman–Crippen LogP) is 4.60. The second-order valence-corrected chi connectivity index (χ2v) is 8.73. The molecule has 4 rings (SSSR count). The molecule has 6 nitrogen and oxygen atoms in total. The van der Waals surface area contributed by atoms with Crippen LogP contribution in [-0.2, 0) is 17.9 Å². The molecule has 1 aromatic heterocycles. The van der Waals surface area contributed by atoms with Crippen LogP contribution in [0.15, 0.2) is 34.9 Å². The Bertz CT molecular complexity index is 884. The fraction of sp³-hybridized carbons (Fsp3) is 0.542. The summed E-state index contributed by atoms with van der Waals surface area (Å²) in [7, 11) is 0. The number of benzene rings is 1. The molecule has 2 aliphatic carbocycles. The van der Waals surface area contributed by atoms with Crippen molar-refractivity contribution < 1.29 is 18.5 Å². The van der Waals surface area contributed by atoms with E-state index < -0.39 is 0 Å². The second kappa shape index (κ2) is 10.1. The molecule has 31 heavy (non-hydrogen) atoms. The summed E-state index contributed by atoms with van der Waals surface area (Å²) in [6.45, 7) is 0.633. The van der Waals surface area contributed by atoms with Gasteiger partial charge in [0.1, 0.15) is 5.82 Å². The molecule has 0 aliphatic heterocycles. The Labute approximate surface area is 182 Å². The Kier molecular flexibility index (Phi) is 6.99. The van der Waals surface area contributed by atoms with Crippen molar-refractivity contribution in [1.29, 1.82) is 0 Å². The zero-order chi connectivity index (χ0) is 21.6. The third kappa shape index (κ3) is 5.51. The van der Waals surface area contributed by atoms with Gasteiger partial charge in [0, 0.05) is 24.6 Å². The van der Waals surface area contributed by atoms with Crippen molar-refractivity contribution in [2.75, 3.05) is 0 Å². The lowest BCUT2D eigenvalue weighted by molar-refractivity contribution is -0.140. The zero-order valence-corrected chi connectivity index (χ0v) is 17.8. The number of halogens is 1. The van der Waals surface area contributed by atoms with Crippen LogP contribution in [0.3, 0.4) is 0 Å². The summed E-state index contributed by atoms with van der Waals surface area (Å²) in [6.07, 6.45) is 9.73. The van der Waals surface area contributed by atoms with Gasteiger partial charge >= 0.3 is 0 Å². The number of carbonyl (C=O) groups is 2. The molecule has 0 unspecified atom stereocenters. The first kappa shape index (κ1) is 21.5. The van der Waals surface area contributed by atoms with Gasteiger partial charge in [-0.25, -0.2) is 4.39 Å². The number of aromatic nitrogens is 1. The molecule has 1 N–H and O–H groups in total. The van der Waals surface area contributed by atoms with E-state index in [9.17, 15) is 14.0 Å². The molecule has 0 saturated heterocycles. The highest BCUT2D eigenvalue weighted by Crippen LogP contribution is 2.31. The van der Waals surface area contributed by atoms with Gasteiger partial charge in [0.25, 0.3) is 5.91 Å². The summed E-state index contributed by atoms with van der Waals surface area (Å²) in [5, 5.41) is 6.68. The minimum Gasteiger partial charge on any atom is -0.359 e. The van der Waals surface area contributed by atoms with Gasteiger partial charge in [-0.3, -0.25) is 9.59 Å². The number of carbonyl (C=O) groups excluding carboxylic acids is 2. The van der Waals surface area contributed by atoms with E-state index in [0.29, 0.717) is 12.3 Å². The monoisotopic (exact) mass is 427 g/mol. The van der Waals surface area contributed by atoms with Gasteiger partial charge in [-0.05, 0) is 43.4 Å². The second-order valence-electron chi connectivity index (χ2n) is 8.73. The summed E-state index contributed by atoms with van der Waals surface area (Å²) >= 11 is 0. The molecular formula is C24H30FN3O3. The quantitative estimate of drug-likeness (QED) is 0.701. The Morgan fingerprint density at radius 3 is 2.42 bits per heavy atom. The smallest absolute Gasteiger partial charge is 0.273 e. The van der Waals surface area contributed by atoms with E-state index in [2.05, 4.69) is 10.5 Å². The van der Waals surface area contributed by atoms with Crippen LogP contribution in [0.5, 0.6) is 0 Å². The first-order valence-electron chi connectivity index (χ1n) is 11.4. The van der Waals surface area contributed by atoms with Crippen molar-refractivity contribution in [3.63, 3.8) is 0 Å². The average molecular weight is 428 g/mol. The Morgan fingerprint density at radius 1 is 1.03 bits per heavy atom. The molecule has 2 aliphatic rings. The van der Waals surface area contributed by atoms with E-state index in [4.69, 9.17) is 4.52 Å². The number of nitrogens with zero attached hydrogens (tertiary/aromatic N) is 2. The Hall–Kier alpha value is -2.70. The summed E-state index contributed by atoms with van der Waals surface area (Å²) < 4.78 is 18.4. The molecule has 2 aromatic rings. The van der Waals surface area contributed by atoms with Crippen LogP contribution in [0.4, 0.5) is 4.39 Å². The lowest BCUT2D eigenvalue weighted by atomic mass is 9.88. The maximum atomic E-state index is 13.3. The average Bonchev–Trinajstić information content (AvgIpc) is 3.49. The molecule has 2 saturated carbocycles. The zero-order valence-electron chi connectivity index (χ0n) is 17.8. The number of amides is 2. The van der Waals surface area contributed by atoms with E-state index in [1.807, 2.05) is 4.90 Å².